The molecule has 1 atom stereocenters. The number of carbonyl (C=O) groups is 1. The fourth-order valence-electron chi connectivity index (χ4n) is 1.16. The van der Waals surface area contributed by atoms with Gasteiger partial charge in [-0.2, -0.15) is 0 Å². The molecule has 1 N–H and O–H groups in total. The first-order valence-electron chi connectivity index (χ1n) is 5.44. The Kier molecular flexibility index (Phi) is 7.80. The number of hydrogen-bond acceptors (Lipinski definition) is 3. The Balaban J connectivity index is 4.75. The minimum Gasteiger partial charge on any atom is -0.494 e. The van der Waals surface area contributed by atoms with Crippen molar-refractivity contribution in [2.75, 3.05) is 13.2 Å². The van der Waals surface area contributed by atoms with Gasteiger partial charge in [0.25, 0.3) is 0 Å². The van der Waals surface area contributed by atoms with E-state index in [-0.39, 0.29) is 0 Å². The van der Waals surface area contributed by atoms with E-state index in [9.17, 15) is 4.79 Å². The highest BCUT2D eigenvalue weighted by Crippen LogP contribution is 2.12. The van der Waals surface area contributed by atoms with Crippen LogP contribution in [0.4, 0.5) is 0 Å². The summed E-state index contributed by atoms with van der Waals surface area (Å²) < 4.78 is 10.5. The van der Waals surface area contributed by atoms with Crippen LogP contribution >= 0.6 is 0 Å². The number of allylic oxidation sites excluding steroid dienone is 1. The summed E-state index contributed by atoms with van der Waals surface area (Å²) in [5.74, 6) is -0.494. The highest BCUT2D eigenvalue weighted by molar-refractivity contribution is 5.74. The highest BCUT2D eigenvalue weighted by Gasteiger charge is 2.16. The molecule has 0 spiro atoms. The maximum atomic E-state index is 10.9. The lowest BCUT2D eigenvalue weighted by atomic mass is 10.2. The van der Waals surface area contributed by atoms with Gasteiger partial charge in [0.1, 0.15) is 6.61 Å². The first-order chi connectivity index (χ1) is 8.01. The monoisotopic (exact) mass is 240 g/mol. The van der Waals surface area contributed by atoms with Crippen LogP contribution in [0.5, 0.6) is 0 Å². The molecule has 0 heterocycles. The molecule has 0 aromatic heterocycles. The third kappa shape index (κ3) is 7.36. The molecule has 4 nitrogen and oxygen atoms in total. The SMILES string of the molecule is C=CCOC(=CC(OCC)C(=O)O)CC(=C)C. The summed E-state index contributed by atoms with van der Waals surface area (Å²) in [4.78, 5) is 10.9. The molecule has 4 heteroatoms. The van der Waals surface area contributed by atoms with E-state index in [4.69, 9.17) is 14.6 Å². The smallest absolute Gasteiger partial charge is 0.337 e. The number of aliphatic carboxylic acids is 1. The lowest BCUT2D eigenvalue weighted by Crippen LogP contribution is -2.22. The molecule has 1 unspecified atom stereocenters. The molecule has 0 bridgehead atoms. The van der Waals surface area contributed by atoms with Crippen LogP contribution in [0.1, 0.15) is 20.3 Å². The zero-order valence-electron chi connectivity index (χ0n) is 10.4. The second-order valence-electron chi connectivity index (χ2n) is 3.58. The zero-order valence-corrected chi connectivity index (χ0v) is 10.4. The molecule has 0 aliphatic rings. The minimum absolute atomic E-state index is 0.329. The maximum Gasteiger partial charge on any atom is 0.337 e. The Morgan fingerprint density at radius 1 is 1.53 bits per heavy atom. The Bertz CT molecular complexity index is 305. The number of carboxylic acids is 1. The van der Waals surface area contributed by atoms with E-state index in [1.165, 1.54) is 6.08 Å². The summed E-state index contributed by atoms with van der Waals surface area (Å²) in [6, 6.07) is 0. The minimum atomic E-state index is -1.03. The zero-order chi connectivity index (χ0) is 13.3. The van der Waals surface area contributed by atoms with E-state index >= 15 is 0 Å². The first kappa shape index (κ1) is 15.4. The molecule has 0 rings (SSSR count). The molecule has 0 aromatic carbocycles. The van der Waals surface area contributed by atoms with Gasteiger partial charge in [-0.15, -0.1) is 0 Å². The van der Waals surface area contributed by atoms with Gasteiger partial charge in [-0.05, 0) is 19.9 Å². The predicted molar refractivity (Wildman–Crippen MR) is 66.7 cm³/mol. The van der Waals surface area contributed by atoms with E-state index in [1.54, 1.807) is 13.0 Å². The molecule has 0 aromatic rings. The standard InChI is InChI=1S/C13H20O4/c1-5-7-17-11(8-10(3)4)9-12(13(14)15)16-6-2/h5,9,12H,1,3,6-8H2,2,4H3,(H,14,15). The van der Waals surface area contributed by atoms with Gasteiger partial charge in [-0.25, -0.2) is 4.79 Å². The molecule has 96 valence electrons. The Morgan fingerprint density at radius 2 is 2.18 bits per heavy atom. The molecule has 0 fully saturated rings. The lowest BCUT2D eigenvalue weighted by Gasteiger charge is -2.13. The molecule has 0 radical (unpaired) electrons. The van der Waals surface area contributed by atoms with E-state index in [0.29, 0.717) is 25.4 Å². The first-order valence-corrected chi connectivity index (χ1v) is 5.44. The third-order valence-electron chi connectivity index (χ3n) is 1.79. The summed E-state index contributed by atoms with van der Waals surface area (Å²) in [7, 11) is 0. The van der Waals surface area contributed by atoms with Gasteiger partial charge in [0, 0.05) is 13.0 Å². The van der Waals surface area contributed by atoms with Crippen LogP contribution < -0.4 is 0 Å². The van der Waals surface area contributed by atoms with Crippen LogP contribution in [0.25, 0.3) is 0 Å². The molecular formula is C13H20O4. The normalized spacial score (nSPS) is 12.9. The maximum absolute atomic E-state index is 10.9. The fourth-order valence-corrected chi connectivity index (χ4v) is 1.16. The van der Waals surface area contributed by atoms with E-state index in [1.807, 2.05) is 6.92 Å². The topological polar surface area (TPSA) is 55.8 Å². The summed E-state index contributed by atoms with van der Waals surface area (Å²) in [6.07, 6.45) is 2.57. The van der Waals surface area contributed by atoms with Crippen molar-refractivity contribution in [1.82, 2.24) is 0 Å². The van der Waals surface area contributed by atoms with Crippen LogP contribution in [0.3, 0.4) is 0 Å². The van der Waals surface area contributed by atoms with E-state index in [2.05, 4.69) is 13.2 Å². The van der Waals surface area contributed by atoms with Crippen LogP contribution in [0.15, 0.2) is 36.6 Å². The summed E-state index contributed by atoms with van der Waals surface area (Å²) in [5, 5.41) is 8.95. The van der Waals surface area contributed by atoms with Crippen molar-refractivity contribution in [3.8, 4) is 0 Å². The van der Waals surface area contributed by atoms with E-state index < -0.39 is 12.1 Å². The number of ether oxygens (including phenoxy) is 2. The molecule has 0 aliphatic carbocycles. The van der Waals surface area contributed by atoms with Gasteiger partial charge in [0.15, 0.2) is 6.10 Å². The Labute approximate surface area is 102 Å². The number of rotatable bonds is 9. The van der Waals surface area contributed by atoms with Crippen LogP contribution in [-0.4, -0.2) is 30.4 Å². The lowest BCUT2D eigenvalue weighted by molar-refractivity contribution is -0.147. The van der Waals surface area contributed by atoms with Crippen LogP contribution in [-0.2, 0) is 14.3 Å². The molecule has 0 saturated carbocycles. The van der Waals surface area contributed by atoms with Crippen LogP contribution in [0.2, 0.25) is 0 Å². The second kappa shape index (κ2) is 8.58. The predicted octanol–water partition coefficient (Wildman–Crippen LogP) is 2.53. The van der Waals surface area contributed by atoms with Gasteiger partial charge in [0.2, 0.25) is 0 Å². The average molecular weight is 240 g/mol. The summed E-state index contributed by atoms with van der Waals surface area (Å²) in [6.45, 7) is 11.6. The largest absolute Gasteiger partial charge is 0.494 e. The van der Waals surface area contributed by atoms with Crippen molar-refractivity contribution in [2.24, 2.45) is 0 Å². The number of hydrogen-bond donors (Lipinski definition) is 1. The fraction of sp³-hybridized carbons (Fsp3) is 0.462. The van der Waals surface area contributed by atoms with Crippen molar-refractivity contribution in [2.45, 2.75) is 26.4 Å². The molecule has 0 saturated heterocycles. The molecule has 17 heavy (non-hydrogen) atoms. The van der Waals surface area contributed by atoms with Gasteiger partial charge in [-0.3, -0.25) is 0 Å². The van der Waals surface area contributed by atoms with Crippen molar-refractivity contribution >= 4 is 5.97 Å². The quantitative estimate of drug-likeness (QED) is 0.497. The Morgan fingerprint density at radius 3 is 2.59 bits per heavy atom. The molecule has 0 amide bonds. The van der Waals surface area contributed by atoms with Gasteiger partial charge >= 0.3 is 5.97 Å². The van der Waals surface area contributed by atoms with Crippen molar-refractivity contribution < 1.29 is 19.4 Å². The second-order valence-corrected chi connectivity index (χ2v) is 3.58. The van der Waals surface area contributed by atoms with Crippen molar-refractivity contribution in [1.29, 1.82) is 0 Å². The number of carboxylic acid groups (broad SMARTS) is 1. The highest BCUT2D eigenvalue weighted by atomic mass is 16.5. The van der Waals surface area contributed by atoms with Gasteiger partial charge in [0.05, 0.1) is 5.76 Å². The third-order valence-corrected chi connectivity index (χ3v) is 1.79. The Hall–Kier alpha value is -1.55. The van der Waals surface area contributed by atoms with Crippen molar-refractivity contribution in [3.05, 3.63) is 36.6 Å². The molecular weight excluding hydrogens is 220 g/mol. The van der Waals surface area contributed by atoms with Crippen LogP contribution in [0, 0.1) is 0 Å². The molecule has 0 aliphatic heterocycles. The van der Waals surface area contributed by atoms with E-state index in [0.717, 1.165) is 5.57 Å². The van der Waals surface area contributed by atoms with Gasteiger partial charge < -0.3 is 14.6 Å². The average Bonchev–Trinajstić information content (AvgIpc) is 2.24. The van der Waals surface area contributed by atoms with Gasteiger partial charge in [-0.1, -0.05) is 24.8 Å². The van der Waals surface area contributed by atoms with Crippen molar-refractivity contribution in [3.63, 3.8) is 0 Å². The summed E-state index contributed by atoms with van der Waals surface area (Å²) >= 11 is 0. The summed E-state index contributed by atoms with van der Waals surface area (Å²) in [5.41, 5.74) is 0.890.